The lowest BCUT2D eigenvalue weighted by Gasteiger charge is -2.06. The van der Waals surface area contributed by atoms with E-state index in [9.17, 15) is 14.0 Å². The Balaban J connectivity index is 1.46. The number of nitrogens with zero attached hydrogens (tertiary/aromatic N) is 3. The molecular weight excluding hydrogens is 375 g/mol. The number of nitrogens with one attached hydrogen (secondary N) is 2. The van der Waals surface area contributed by atoms with Gasteiger partial charge in [0.2, 0.25) is 0 Å². The van der Waals surface area contributed by atoms with Crippen LogP contribution in [0.15, 0.2) is 59.7 Å². The number of carbonyl (C=O) groups is 1. The summed E-state index contributed by atoms with van der Waals surface area (Å²) in [6, 6.07) is 10.7. The number of nitrogens with two attached hydrogens (primary N) is 1. The highest BCUT2D eigenvalue weighted by Crippen LogP contribution is 2.20. The Hall–Kier alpha value is -4.01. The maximum Gasteiger partial charge on any atom is 0.252 e. The van der Waals surface area contributed by atoms with Gasteiger partial charge >= 0.3 is 0 Å². The van der Waals surface area contributed by atoms with Crippen molar-refractivity contribution in [3.63, 3.8) is 0 Å². The lowest BCUT2D eigenvalue weighted by atomic mass is 10.2. The van der Waals surface area contributed by atoms with E-state index in [1.807, 2.05) is 0 Å². The molecule has 0 saturated heterocycles. The Morgan fingerprint density at radius 2 is 1.93 bits per heavy atom. The van der Waals surface area contributed by atoms with Crippen molar-refractivity contribution in [2.24, 2.45) is 0 Å². The summed E-state index contributed by atoms with van der Waals surface area (Å²) in [5.41, 5.74) is 7.79. The standard InChI is InChI=1S/C20H17FN6O2/c21-14-4-1-12(2-5-14)15-11-27-10-13(3-6-18(27)24-15)20(29)23-8-7-17-25-16(22)9-19(28)26-17/h1-6,9-11H,7-8H2,(H,23,29)(H3,22,25,26,28). The van der Waals surface area contributed by atoms with E-state index in [-0.39, 0.29) is 29.6 Å². The smallest absolute Gasteiger partial charge is 0.252 e. The quantitative estimate of drug-likeness (QED) is 0.478. The molecule has 8 nitrogen and oxygen atoms in total. The number of imidazole rings is 1. The van der Waals surface area contributed by atoms with Gasteiger partial charge in [-0.3, -0.25) is 9.59 Å². The fourth-order valence-corrected chi connectivity index (χ4v) is 2.93. The van der Waals surface area contributed by atoms with E-state index >= 15 is 0 Å². The van der Waals surface area contributed by atoms with Gasteiger partial charge in [0.15, 0.2) is 0 Å². The number of H-pyrrole nitrogens is 1. The predicted molar refractivity (Wildman–Crippen MR) is 106 cm³/mol. The summed E-state index contributed by atoms with van der Waals surface area (Å²) in [5, 5.41) is 2.78. The Morgan fingerprint density at radius 3 is 2.69 bits per heavy atom. The van der Waals surface area contributed by atoms with Crippen LogP contribution in [0.1, 0.15) is 16.2 Å². The van der Waals surface area contributed by atoms with Gasteiger partial charge in [0, 0.05) is 37.0 Å². The minimum atomic E-state index is -0.332. The van der Waals surface area contributed by atoms with Gasteiger partial charge in [0.05, 0.1) is 11.3 Å². The Bertz CT molecular complexity index is 1250. The molecular formula is C20H17FN6O2. The van der Waals surface area contributed by atoms with Gasteiger partial charge in [-0.05, 0) is 36.4 Å². The fraction of sp³-hybridized carbons (Fsp3) is 0.100. The van der Waals surface area contributed by atoms with Crippen molar-refractivity contribution in [3.05, 3.63) is 82.4 Å². The van der Waals surface area contributed by atoms with E-state index in [4.69, 9.17) is 5.73 Å². The monoisotopic (exact) mass is 392 g/mol. The minimum Gasteiger partial charge on any atom is -0.383 e. The average molecular weight is 392 g/mol. The number of fused-ring (bicyclic) bond motifs is 1. The summed E-state index contributed by atoms with van der Waals surface area (Å²) in [6.07, 6.45) is 3.79. The van der Waals surface area contributed by atoms with E-state index in [0.29, 0.717) is 29.1 Å². The topological polar surface area (TPSA) is 118 Å². The Kier molecular flexibility index (Phi) is 4.78. The number of pyridine rings is 1. The zero-order chi connectivity index (χ0) is 20.4. The first-order valence-corrected chi connectivity index (χ1v) is 8.86. The number of hydrogen-bond donors (Lipinski definition) is 3. The SMILES string of the molecule is Nc1cc(=O)[nH]c(CCNC(=O)c2ccc3nc(-c4ccc(F)cc4)cn3c2)n1. The number of nitrogen functional groups attached to an aromatic ring is 1. The highest BCUT2D eigenvalue weighted by Gasteiger charge is 2.10. The van der Waals surface area contributed by atoms with Crippen LogP contribution in [0.5, 0.6) is 0 Å². The van der Waals surface area contributed by atoms with E-state index in [2.05, 4.69) is 20.3 Å². The summed E-state index contributed by atoms with van der Waals surface area (Å²) in [7, 11) is 0. The summed E-state index contributed by atoms with van der Waals surface area (Å²) < 4.78 is 14.8. The molecule has 0 bridgehead atoms. The van der Waals surface area contributed by atoms with E-state index in [1.165, 1.54) is 18.2 Å². The van der Waals surface area contributed by atoms with Crippen molar-refractivity contribution >= 4 is 17.4 Å². The number of aromatic amines is 1. The first-order chi connectivity index (χ1) is 14.0. The second-order valence-corrected chi connectivity index (χ2v) is 6.44. The highest BCUT2D eigenvalue weighted by molar-refractivity contribution is 5.94. The molecule has 4 aromatic rings. The van der Waals surface area contributed by atoms with Crippen LogP contribution in [-0.4, -0.2) is 31.8 Å². The molecule has 0 fully saturated rings. The normalized spacial score (nSPS) is 10.9. The summed E-state index contributed by atoms with van der Waals surface area (Å²) in [4.78, 5) is 34.9. The van der Waals surface area contributed by atoms with E-state index < -0.39 is 0 Å². The molecule has 29 heavy (non-hydrogen) atoms. The van der Waals surface area contributed by atoms with Crippen LogP contribution in [0.25, 0.3) is 16.9 Å². The molecule has 9 heteroatoms. The van der Waals surface area contributed by atoms with Crippen molar-refractivity contribution in [1.29, 1.82) is 0 Å². The van der Waals surface area contributed by atoms with Crippen LogP contribution in [0.3, 0.4) is 0 Å². The molecule has 0 saturated carbocycles. The minimum absolute atomic E-state index is 0.137. The number of hydrogen-bond acceptors (Lipinski definition) is 5. The molecule has 0 aliphatic rings. The molecule has 4 N–H and O–H groups in total. The van der Waals surface area contributed by atoms with Crippen LogP contribution in [-0.2, 0) is 6.42 Å². The van der Waals surface area contributed by atoms with Crippen molar-refractivity contribution in [2.75, 3.05) is 12.3 Å². The number of amides is 1. The molecule has 146 valence electrons. The number of halogens is 1. The molecule has 0 unspecified atom stereocenters. The molecule has 0 atom stereocenters. The van der Waals surface area contributed by atoms with Gasteiger partial charge in [-0.25, -0.2) is 14.4 Å². The number of aromatic nitrogens is 4. The molecule has 3 aromatic heterocycles. The lowest BCUT2D eigenvalue weighted by Crippen LogP contribution is -2.27. The fourth-order valence-electron chi connectivity index (χ4n) is 2.93. The molecule has 0 spiro atoms. The van der Waals surface area contributed by atoms with Crippen LogP contribution in [0.4, 0.5) is 10.2 Å². The first-order valence-electron chi connectivity index (χ1n) is 8.86. The number of anilines is 1. The summed E-state index contributed by atoms with van der Waals surface area (Å²) >= 11 is 0. The maximum atomic E-state index is 13.1. The summed E-state index contributed by atoms with van der Waals surface area (Å²) in [5.74, 6) is -0.0361. The third kappa shape index (κ3) is 4.13. The zero-order valence-corrected chi connectivity index (χ0v) is 15.2. The van der Waals surface area contributed by atoms with E-state index in [1.54, 1.807) is 41.1 Å². The van der Waals surface area contributed by atoms with E-state index in [0.717, 1.165) is 5.56 Å². The molecule has 1 amide bonds. The highest BCUT2D eigenvalue weighted by atomic mass is 19.1. The number of rotatable bonds is 5. The summed E-state index contributed by atoms with van der Waals surface area (Å²) in [6.45, 7) is 0.286. The third-order valence-electron chi connectivity index (χ3n) is 4.31. The largest absolute Gasteiger partial charge is 0.383 e. The van der Waals surface area contributed by atoms with Crippen LogP contribution in [0, 0.1) is 5.82 Å². The van der Waals surface area contributed by atoms with Gasteiger partial charge in [0.1, 0.15) is 23.1 Å². The molecule has 0 radical (unpaired) electrons. The van der Waals surface area contributed by atoms with Crippen LogP contribution in [0.2, 0.25) is 0 Å². The Labute approximate surface area is 164 Å². The molecule has 3 heterocycles. The van der Waals surface area contributed by atoms with Gasteiger partial charge in [0.25, 0.3) is 11.5 Å². The van der Waals surface area contributed by atoms with Crippen molar-refractivity contribution in [3.8, 4) is 11.3 Å². The van der Waals surface area contributed by atoms with Crippen molar-refractivity contribution in [1.82, 2.24) is 24.7 Å². The van der Waals surface area contributed by atoms with Crippen molar-refractivity contribution in [2.45, 2.75) is 6.42 Å². The lowest BCUT2D eigenvalue weighted by molar-refractivity contribution is 0.0953. The van der Waals surface area contributed by atoms with Crippen LogP contribution < -0.4 is 16.6 Å². The van der Waals surface area contributed by atoms with Gasteiger partial charge in [-0.1, -0.05) is 0 Å². The maximum absolute atomic E-state index is 13.1. The van der Waals surface area contributed by atoms with Gasteiger partial charge in [-0.15, -0.1) is 0 Å². The average Bonchev–Trinajstić information content (AvgIpc) is 3.11. The van der Waals surface area contributed by atoms with Gasteiger partial charge < -0.3 is 20.4 Å². The first kappa shape index (κ1) is 18.4. The number of benzene rings is 1. The van der Waals surface area contributed by atoms with Crippen molar-refractivity contribution < 1.29 is 9.18 Å². The molecule has 0 aliphatic carbocycles. The second kappa shape index (κ2) is 7.55. The van der Waals surface area contributed by atoms with Gasteiger partial charge in [-0.2, -0.15) is 0 Å². The molecule has 4 rings (SSSR count). The zero-order valence-electron chi connectivity index (χ0n) is 15.2. The molecule has 1 aromatic carbocycles. The van der Waals surface area contributed by atoms with Crippen LogP contribution >= 0.6 is 0 Å². The number of carbonyl (C=O) groups excluding carboxylic acids is 1. The Morgan fingerprint density at radius 1 is 1.14 bits per heavy atom. The second-order valence-electron chi connectivity index (χ2n) is 6.44. The third-order valence-corrected chi connectivity index (χ3v) is 4.31. The predicted octanol–water partition coefficient (Wildman–Crippen LogP) is 1.78. The molecule has 0 aliphatic heterocycles.